The Morgan fingerprint density at radius 2 is 1.96 bits per heavy atom. The van der Waals surface area contributed by atoms with E-state index in [1.54, 1.807) is 4.90 Å². The maximum absolute atomic E-state index is 12.9. The summed E-state index contributed by atoms with van der Waals surface area (Å²) in [5.74, 6) is -0.104. The predicted molar refractivity (Wildman–Crippen MR) is 78.3 cm³/mol. The van der Waals surface area contributed by atoms with E-state index in [4.69, 9.17) is 4.74 Å². The SMILES string of the molecule is O=C(CN1CCOC1=O)N1CCCN(c2ncc(F)cn2)CC1. The van der Waals surface area contributed by atoms with E-state index in [0.717, 1.165) is 18.8 Å². The normalized spacial score (nSPS) is 18.8. The molecule has 9 heteroatoms. The molecule has 124 valence electrons. The molecule has 2 amide bonds. The van der Waals surface area contributed by atoms with Gasteiger partial charge in [-0.2, -0.15) is 0 Å². The average Bonchev–Trinajstić information content (AvgIpc) is 2.81. The lowest BCUT2D eigenvalue weighted by Gasteiger charge is -2.23. The first kappa shape index (κ1) is 15.4. The number of aromatic nitrogens is 2. The Labute approximate surface area is 132 Å². The molecule has 0 radical (unpaired) electrons. The summed E-state index contributed by atoms with van der Waals surface area (Å²) in [6, 6.07) is 0. The average molecular weight is 323 g/mol. The van der Waals surface area contributed by atoms with E-state index < -0.39 is 11.9 Å². The number of ether oxygens (including phenoxy) is 1. The minimum atomic E-state index is -0.474. The van der Waals surface area contributed by atoms with Crippen molar-refractivity contribution in [3.63, 3.8) is 0 Å². The van der Waals surface area contributed by atoms with Gasteiger partial charge in [0.15, 0.2) is 5.82 Å². The van der Waals surface area contributed by atoms with Crippen molar-refractivity contribution in [3.8, 4) is 0 Å². The molecule has 23 heavy (non-hydrogen) atoms. The van der Waals surface area contributed by atoms with Crippen LogP contribution in [0.15, 0.2) is 12.4 Å². The number of nitrogens with zero attached hydrogens (tertiary/aromatic N) is 5. The molecule has 2 aliphatic heterocycles. The van der Waals surface area contributed by atoms with Gasteiger partial charge in [-0.05, 0) is 6.42 Å². The summed E-state index contributed by atoms with van der Waals surface area (Å²) in [6.45, 7) is 3.23. The number of hydrogen-bond acceptors (Lipinski definition) is 6. The summed E-state index contributed by atoms with van der Waals surface area (Å²) >= 11 is 0. The van der Waals surface area contributed by atoms with E-state index in [1.165, 1.54) is 4.90 Å². The van der Waals surface area contributed by atoms with Crippen molar-refractivity contribution in [3.05, 3.63) is 18.2 Å². The van der Waals surface area contributed by atoms with Crippen LogP contribution in [0.5, 0.6) is 0 Å². The van der Waals surface area contributed by atoms with Gasteiger partial charge in [0.05, 0.1) is 18.9 Å². The fourth-order valence-electron chi connectivity index (χ4n) is 2.67. The van der Waals surface area contributed by atoms with Gasteiger partial charge in [-0.1, -0.05) is 0 Å². The molecule has 8 nitrogen and oxygen atoms in total. The Kier molecular flexibility index (Phi) is 4.54. The fraction of sp³-hybridized carbons (Fsp3) is 0.571. The molecule has 1 aromatic rings. The highest BCUT2D eigenvalue weighted by Gasteiger charge is 2.27. The van der Waals surface area contributed by atoms with E-state index in [9.17, 15) is 14.0 Å². The maximum Gasteiger partial charge on any atom is 0.410 e. The van der Waals surface area contributed by atoms with Crippen molar-refractivity contribution in [1.29, 1.82) is 0 Å². The molecule has 2 fully saturated rings. The van der Waals surface area contributed by atoms with E-state index in [2.05, 4.69) is 9.97 Å². The van der Waals surface area contributed by atoms with Crippen molar-refractivity contribution >= 4 is 17.9 Å². The van der Waals surface area contributed by atoms with Gasteiger partial charge >= 0.3 is 6.09 Å². The lowest BCUT2D eigenvalue weighted by atomic mass is 10.3. The van der Waals surface area contributed by atoms with Gasteiger partial charge in [0.2, 0.25) is 11.9 Å². The van der Waals surface area contributed by atoms with Gasteiger partial charge in [0.25, 0.3) is 0 Å². The molecule has 0 bridgehead atoms. The van der Waals surface area contributed by atoms with Gasteiger partial charge < -0.3 is 14.5 Å². The molecule has 3 rings (SSSR count). The molecular formula is C14H18FN5O3. The number of rotatable bonds is 3. The first-order chi connectivity index (χ1) is 11.1. The second-order valence-electron chi connectivity index (χ2n) is 5.46. The zero-order valence-corrected chi connectivity index (χ0v) is 12.7. The molecule has 0 aliphatic carbocycles. The van der Waals surface area contributed by atoms with E-state index in [1.807, 2.05) is 4.90 Å². The summed E-state index contributed by atoms with van der Waals surface area (Å²) in [7, 11) is 0. The van der Waals surface area contributed by atoms with Crippen molar-refractivity contribution < 1.29 is 18.7 Å². The highest BCUT2D eigenvalue weighted by atomic mass is 19.1. The van der Waals surface area contributed by atoms with Crippen LogP contribution < -0.4 is 4.90 Å². The van der Waals surface area contributed by atoms with Crippen LogP contribution in [0.3, 0.4) is 0 Å². The first-order valence-electron chi connectivity index (χ1n) is 7.55. The standard InChI is InChI=1S/C14H18FN5O3/c15-11-8-16-13(17-9-11)19-3-1-2-18(4-5-19)12(21)10-20-6-7-23-14(20)22/h8-9H,1-7,10H2. The number of anilines is 1. The van der Waals surface area contributed by atoms with Gasteiger partial charge in [-0.25, -0.2) is 19.2 Å². The minimum Gasteiger partial charge on any atom is -0.448 e. The molecule has 1 aromatic heterocycles. The molecule has 0 spiro atoms. The third-order valence-electron chi connectivity index (χ3n) is 3.91. The Morgan fingerprint density at radius 3 is 2.65 bits per heavy atom. The van der Waals surface area contributed by atoms with Gasteiger partial charge in [-0.15, -0.1) is 0 Å². The highest BCUT2D eigenvalue weighted by molar-refractivity contribution is 5.83. The van der Waals surface area contributed by atoms with E-state index >= 15 is 0 Å². The predicted octanol–water partition coefficient (Wildman–Crippen LogP) is 0.107. The number of amides is 2. The Bertz CT molecular complexity index is 582. The molecule has 3 heterocycles. The first-order valence-corrected chi connectivity index (χ1v) is 7.55. The van der Waals surface area contributed by atoms with Crippen LogP contribution in [-0.4, -0.2) is 77.6 Å². The highest BCUT2D eigenvalue weighted by Crippen LogP contribution is 2.12. The molecule has 0 unspecified atom stereocenters. The molecule has 0 aromatic carbocycles. The van der Waals surface area contributed by atoms with Crippen molar-refractivity contribution in [2.45, 2.75) is 6.42 Å². The summed E-state index contributed by atoms with van der Waals surface area (Å²) in [5, 5.41) is 0. The molecule has 0 saturated carbocycles. The molecule has 0 atom stereocenters. The number of carbonyl (C=O) groups excluding carboxylic acids is 2. The van der Waals surface area contributed by atoms with Crippen molar-refractivity contribution in [2.24, 2.45) is 0 Å². The molecular weight excluding hydrogens is 305 g/mol. The third kappa shape index (κ3) is 3.66. The summed E-state index contributed by atoms with van der Waals surface area (Å²) in [5.41, 5.74) is 0. The maximum atomic E-state index is 12.9. The van der Waals surface area contributed by atoms with Crippen LogP contribution in [0, 0.1) is 5.82 Å². The largest absolute Gasteiger partial charge is 0.448 e. The Balaban J connectivity index is 1.56. The lowest BCUT2D eigenvalue weighted by molar-refractivity contribution is -0.131. The van der Waals surface area contributed by atoms with Crippen LogP contribution in [0.25, 0.3) is 0 Å². The number of halogens is 1. The van der Waals surface area contributed by atoms with Gasteiger partial charge in [0.1, 0.15) is 13.2 Å². The van der Waals surface area contributed by atoms with Gasteiger partial charge in [-0.3, -0.25) is 9.69 Å². The molecule has 2 saturated heterocycles. The Morgan fingerprint density at radius 1 is 1.17 bits per heavy atom. The smallest absolute Gasteiger partial charge is 0.410 e. The van der Waals surface area contributed by atoms with Crippen molar-refractivity contribution in [1.82, 2.24) is 19.8 Å². The zero-order chi connectivity index (χ0) is 16.2. The fourth-order valence-corrected chi connectivity index (χ4v) is 2.67. The topological polar surface area (TPSA) is 78.9 Å². The van der Waals surface area contributed by atoms with Crippen LogP contribution >= 0.6 is 0 Å². The van der Waals surface area contributed by atoms with Crippen LogP contribution in [0.1, 0.15) is 6.42 Å². The number of hydrogen-bond donors (Lipinski definition) is 0. The van der Waals surface area contributed by atoms with Crippen LogP contribution in [0.4, 0.5) is 15.1 Å². The second-order valence-corrected chi connectivity index (χ2v) is 5.46. The molecule has 0 N–H and O–H groups in total. The number of cyclic esters (lactones) is 1. The lowest BCUT2D eigenvalue weighted by Crippen LogP contribution is -2.42. The zero-order valence-electron chi connectivity index (χ0n) is 12.7. The second kappa shape index (κ2) is 6.76. The number of carbonyl (C=O) groups is 2. The summed E-state index contributed by atoms with van der Waals surface area (Å²) in [4.78, 5) is 36.7. The molecule has 2 aliphatic rings. The van der Waals surface area contributed by atoms with Crippen molar-refractivity contribution in [2.75, 3.05) is 50.8 Å². The van der Waals surface area contributed by atoms with Crippen LogP contribution in [-0.2, 0) is 9.53 Å². The van der Waals surface area contributed by atoms with Crippen LogP contribution in [0.2, 0.25) is 0 Å². The quantitative estimate of drug-likeness (QED) is 0.785. The summed E-state index contributed by atoms with van der Waals surface area (Å²) < 4.78 is 17.7. The Hall–Kier alpha value is -2.45. The third-order valence-corrected chi connectivity index (χ3v) is 3.91. The minimum absolute atomic E-state index is 0.0475. The van der Waals surface area contributed by atoms with E-state index in [0.29, 0.717) is 45.3 Å². The van der Waals surface area contributed by atoms with E-state index in [-0.39, 0.29) is 12.5 Å². The van der Waals surface area contributed by atoms with Gasteiger partial charge in [0, 0.05) is 26.2 Å². The summed E-state index contributed by atoms with van der Waals surface area (Å²) in [6.07, 6.45) is 2.59. The monoisotopic (exact) mass is 323 g/mol.